The second kappa shape index (κ2) is 13.7. The molecule has 2 N–H and O–H groups in total. The number of hydrogen-bond donors (Lipinski definition) is 2. The summed E-state index contributed by atoms with van der Waals surface area (Å²) in [7, 11) is -5.55. The Labute approximate surface area is 190 Å². The molecule has 0 radical (unpaired) electrons. The van der Waals surface area contributed by atoms with E-state index in [2.05, 4.69) is 0 Å². The van der Waals surface area contributed by atoms with E-state index in [-0.39, 0.29) is 18.6 Å². The Morgan fingerprint density at radius 3 is 1.66 bits per heavy atom. The molecule has 0 saturated carbocycles. The molecule has 0 saturated heterocycles. The zero-order valence-electron chi connectivity index (χ0n) is 16.1. The van der Waals surface area contributed by atoms with E-state index < -0.39 is 52.8 Å². The smallest absolute Gasteiger partial charge is 0.303 e. The summed E-state index contributed by atoms with van der Waals surface area (Å²) in [5.41, 5.74) is -4.11. The molecule has 0 aromatic heterocycles. The first-order chi connectivity index (χ1) is 14.8. The number of nitro groups is 3. The second-order valence-corrected chi connectivity index (χ2v) is 7.99. The van der Waals surface area contributed by atoms with Gasteiger partial charge in [0.1, 0.15) is 10.1 Å². The Bertz CT molecular complexity index is 917. The van der Waals surface area contributed by atoms with Crippen molar-refractivity contribution in [2.24, 2.45) is 0 Å². The average Bonchev–Trinajstić information content (AvgIpc) is 2.66. The summed E-state index contributed by atoms with van der Waals surface area (Å²) in [6, 6.07) is 0.329. The highest BCUT2D eigenvalue weighted by molar-refractivity contribution is 7.86. The summed E-state index contributed by atoms with van der Waals surface area (Å²) in [4.78, 5) is 37.4. The lowest BCUT2D eigenvalue weighted by atomic mass is 10.2. The van der Waals surface area contributed by atoms with E-state index in [4.69, 9.17) is 28.3 Å². The van der Waals surface area contributed by atoms with Gasteiger partial charge in [-0.25, -0.2) is 8.42 Å². The molecule has 0 spiro atoms. The van der Waals surface area contributed by atoms with Crippen molar-refractivity contribution in [3.63, 3.8) is 0 Å². The summed E-state index contributed by atoms with van der Waals surface area (Å²) >= 11 is 11.2. The third kappa shape index (κ3) is 10.1. The number of alkyl halides is 2. The number of nitrogens with zero attached hydrogens (tertiary/aromatic N) is 3. The summed E-state index contributed by atoms with van der Waals surface area (Å²) < 4.78 is 32.5. The van der Waals surface area contributed by atoms with Crippen LogP contribution in [0.2, 0.25) is 0 Å². The molecule has 0 aliphatic rings. The Morgan fingerprint density at radius 1 is 0.938 bits per heavy atom. The fourth-order valence-electron chi connectivity index (χ4n) is 2.35. The maximum absolute atomic E-state index is 10.8. The predicted molar refractivity (Wildman–Crippen MR) is 108 cm³/mol. The Morgan fingerprint density at radius 2 is 1.38 bits per heavy atom. The van der Waals surface area contributed by atoms with Gasteiger partial charge in [-0.1, -0.05) is 0 Å². The van der Waals surface area contributed by atoms with Crippen LogP contribution in [0.15, 0.2) is 17.0 Å². The number of non-ortho nitro benzene ring substituents is 1. The van der Waals surface area contributed by atoms with Gasteiger partial charge in [-0.2, -0.15) is 0 Å². The van der Waals surface area contributed by atoms with Crippen molar-refractivity contribution >= 4 is 56.4 Å². The van der Waals surface area contributed by atoms with E-state index in [0.29, 0.717) is 18.2 Å². The van der Waals surface area contributed by atoms with Crippen LogP contribution in [-0.2, 0) is 14.9 Å². The van der Waals surface area contributed by atoms with Gasteiger partial charge in [0.2, 0.25) is 4.90 Å². The van der Waals surface area contributed by atoms with Crippen LogP contribution in [0, 0.1) is 30.3 Å². The van der Waals surface area contributed by atoms with Crippen molar-refractivity contribution in [2.45, 2.75) is 17.7 Å². The summed E-state index contributed by atoms with van der Waals surface area (Å²) in [6.45, 7) is 2.55. The topological polar surface area (TPSA) is 228 Å². The van der Waals surface area contributed by atoms with E-state index in [9.17, 15) is 48.1 Å². The van der Waals surface area contributed by atoms with Gasteiger partial charge in [0, 0.05) is 6.42 Å². The number of hydrogen-bond acceptors (Lipinski definition) is 10. The van der Waals surface area contributed by atoms with Gasteiger partial charge in [0.15, 0.2) is 0 Å². The Kier molecular flexibility index (Phi) is 12.5. The van der Waals surface area contributed by atoms with Crippen LogP contribution in [-0.4, -0.2) is 70.2 Å². The van der Waals surface area contributed by atoms with Crippen LogP contribution < -0.4 is 4.90 Å². The zero-order chi connectivity index (χ0) is 25.1. The minimum Gasteiger partial charge on any atom is -0.744 e. The molecule has 180 valence electrons. The standard InChI is InChI=1S/C8H15Cl2NO2.C6H3N3O9S/c9-3-6-11(7-4-10)5-1-2-8(12)13;10-7(11)3-1-4(8(12)13)6(19(16,17)18)5(2-3)9(14)15/h1-7H2,(H,12,13);1-2H,(H,16,17,18). The van der Waals surface area contributed by atoms with Gasteiger partial charge in [0.25, 0.3) is 5.69 Å². The molecule has 0 atom stereocenters. The third-order valence-electron chi connectivity index (χ3n) is 3.71. The van der Waals surface area contributed by atoms with Crippen molar-refractivity contribution in [3.05, 3.63) is 42.5 Å². The molecule has 0 bridgehead atoms. The lowest BCUT2D eigenvalue weighted by Gasteiger charge is -2.16. The molecular weight excluding hydrogens is 503 g/mol. The lowest BCUT2D eigenvalue weighted by molar-refractivity contribution is -0.895. The Balaban J connectivity index is 0.000000649. The molecule has 0 aliphatic carbocycles. The first-order valence-corrected chi connectivity index (χ1v) is 11.0. The number of rotatable bonds is 12. The quantitative estimate of drug-likeness (QED) is 0.167. The highest BCUT2D eigenvalue weighted by Gasteiger charge is 2.34. The van der Waals surface area contributed by atoms with Crippen LogP contribution in [0.5, 0.6) is 0 Å². The second-order valence-electron chi connectivity index (χ2n) is 5.91. The van der Waals surface area contributed by atoms with Crippen LogP contribution in [0.4, 0.5) is 17.1 Å². The fraction of sp³-hybridized carbons (Fsp3) is 0.500. The molecule has 0 heterocycles. The molecule has 0 unspecified atom stereocenters. The third-order valence-corrected chi connectivity index (χ3v) is 5.00. The van der Waals surface area contributed by atoms with Crippen LogP contribution >= 0.6 is 23.2 Å². The number of carboxylic acid groups (broad SMARTS) is 1. The van der Waals surface area contributed by atoms with Crippen molar-refractivity contribution in [2.75, 3.05) is 31.4 Å². The highest BCUT2D eigenvalue weighted by atomic mass is 35.5. The molecule has 1 aromatic carbocycles. The molecule has 32 heavy (non-hydrogen) atoms. The maximum atomic E-state index is 10.8. The van der Waals surface area contributed by atoms with Gasteiger partial charge in [0.05, 0.1) is 64.7 Å². The van der Waals surface area contributed by atoms with Gasteiger partial charge in [-0.05, 0) is 0 Å². The monoisotopic (exact) mass is 520 g/mol. The summed E-state index contributed by atoms with van der Waals surface area (Å²) in [5, 5.41) is 40.0. The van der Waals surface area contributed by atoms with Crippen LogP contribution in [0.25, 0.3) is 0 Å². The molecule has 1 rings (SSSR count). The number of carboxylic acids is 1. The van der Waals surface area contributed by atoms with Crippen molar-refractivity contribution in [3.8, 4) is 0 Å². The highest BCUT2D eigenvalue weighted by Crippen LogP contribution is 2.36. The van der Waals surface area contributed by atoms with E-state index in [1.165, 1.54) is 4.90 Å². The number of benzene rings is 1. The lowest BCUT2D eigenvalue weighted by Crippen LogP contribution is -3.12. The minimum absolute atomic E-state index is 0.164. The summed E-state index contributed by atoms with van der Waals surface area (Å²) in [6.07, 6.45) is 0.923. The van der Waals surface area contributed by atoms with E-state index in [0.717, 1.165) is 19.6 Å². The zero-order valence-corrected chi connectivity index (χ0v) is 18.5. The molecular formula is C14H18Cl2N4O11S. The van der Waals surface area contributed by atoms with Crippen molar-refractivity contribution < 1.29 is 42.5 Å². The summed E-state index contributed by atoms with van der Waals surface area (Å²) in [5.74, 6) is 0.453. The first kappa shape index (κ1) is 29.3. The number of nitrogens with one attached hydrogen (secondary N) is 1. The average molecular weight is 521 g/mol. The van der Waals surface area contributed by atoms with Gasteiger partial charge >= 0.3 is 17.3 Å². The number of halogens is 2. The van der Waals surface area contributed by atoms with Gasteiger partial charge < -0.3 is 14.6 Å². The van der Waals surface area contributed by atoms with Crippen LogP contribution in [0.1, 0.15) is 12.8 Å². The maximum Gasteiger partial charge on any atom is 0.303 e. The fourth-order valence-corrected chi connectivity index (χ4v) is 3.66. The minimum atomic E-state index is -5.55. The molecule has 1 aromatic rings. The number of quaternary nitrogens is 1. The van der Waals surface area contributed by atoms with Crippen molar-refractivity contribution in [1.29, 1.82) is 0 Å². The predicted octanol–water partition coefficient (Wildman–Crippen LogP) is 0.529. The van der Waals surface area contributed by atoms with E-state index >= 15 is 0 Å². The SMILES string of the molecule is O=C(O)CCC[NH+](CCCl)CCCl.O=[N+]([O-])c1cc([N+](=O)[O-])c(S(=O)(=O)[O-])c([N+](=O)[O-])c1. The molecule has 15 nitrogen and oxygen atoms in total. The molecule has 0 aliphatic heterocycles. The molecule has 0 amide bonds. The van der Waals surface area contributed by atoms with Gasteiger partial charge in [-0.15, -0.1) is 23.2 Å². The normalized spacial score (nSPS) is 10.9. The number of nitro benzene ring substituents is 3. The number of carbonyl (C=O) groups is 1. The van der Waals surface area contributed by atoms with Crippen molar-refractivity contribution in [1.82, 2.24) is 0 Å². The largest absolute Gasteiger partial charge is 0.744 e. The van der Waals surface area contributed by atoms with Gasteiger partial charge in [-0.3, -0.25) is 35.1 Å². The van der Waals surface area contributed by atoms with E-state index in [1.54, 1.807) is 0 Å². The van der Waals surface area contributed by atoms with Crippen LogP contribution in [0.3, 0.4) is 0 Å². The molecule has 0 fully saturated rings. The number of aliphatic carboxylic acids is 1. The van der Waals surface area contributed by atoms with E-state index in [1.807, 2.05) is 0 Å². The first-order valence-electron chi connectivity index (χ1n) is 8.50. The molecule has 18 heteroatoms. The Hall–Kier alpha value is -2.66.